The van der Waals surface area contributed by atoms with Crippen LogP contribution in [0.15, 0.2) is 24.3 Å². The first-order valence-corrected chi connectivity index (χ1v) is 7.07. The van der Waals surface area contributed by atoms with Crippen molar-refractivity contribution in [3.63, 3.8) is 0 Å². The van der Waals surface area contributed by atoms with Gasteiger partial charge in [0.15, 0.2) is 0 Å². The summed E-state index contributed by atoms with van der Waals surface area (Å²) in [6.07, 6.45) is 1.05. The largest absolute Gasteiger partial charge is 0.497 e. The summed E-state index contributed by atoms with van der Waals surface area (Å²) in [6, 6.07) is 8.95. The summed E-state index contributed by atoms with van der Waals surface area (Å²) in [5.41, 5.74) is 0. The lowest BCUT2D eigenvalue weighted by atomic mass is 10.1. The zero-order valence-corrected chi connectivity index (χ0v) is 11.3. The molecule has 0 saturated carbocycles. The average molecular weight is 263 g/mol. The molecule has 3 nitrogen and oxygen atoms in total. The van der Waals surface area contributed by atoms with Crippen LogP contribution < -0.4 is 10.1 Å². The van der Waals surface area contributed by atoms with Gasteiger partial charge in [-0.1, -0.05) is 0 Å². The maximum Gasteiger partial charge on any atom is 0.119 e. The molecule has 3 rings (SSSR count). The Kier molecular flexibility index (Phi) is 3.50. The van der Waals surface area contributed by atoms with Crippen molar-refractivity contribution in [1.82, 2.24) is 5.32 Å². The molecule has 96 valence electrons. The number of nitrogens with one attached hydrogen (secondary N) is 1. The molecular formula is C14H17NO2S. The number of benzene rings is 1. The molecule has 2 aromatic rings. The van der Waals surface area contributed by atoms with Gasteiger partial charge in [0, 0.05) is 28.8 Å². The minimum Gasteiger partial charge on any atom is -0.497 e. The number of hydrogen-bond acceptors (Lipinski definition) is 4. The molecule has 0 spiro atoms. The van der Waals surface area contributed by atoms with Crippen LogP contribution in [0.4, 0.5) is 0 Å². The van der Waals surface area contributed by atoms with Gasteiger partial charge in [-0.05, 0) is 36.1 Å². The maximum atomic E-state index is 5.48. The molecule has 4 heteroatoms. The summed E-state index contributed by atoms with van der Waals surface area (Å²) in [6.45, 7) is 2.59. The van der Waals surface area contributed by atoms with Gasteiger partial charge in [0.05, 0.1) is 13.7 Å². The molecule has 1 aliphatic heterocycles. The van der Waals surface area contributed by atoms with E-state index in [9.17, 15) is 0 Å². The van der Waals surface area contributed by atoms with E-state index in [-0.39, 0.29) is 0 Å². The third-order valence-electron chi connectivity index (χ3n) is 3.27. The number of fused-ring (bicyclic) bond motifs is 1. The Hall–Kier alpha value is -1.10. The number of ether oxygens (including phenoxy) is 2. The lowest BCUT2D eigenvalue weighted by molar-refractivity contribution is 0.150. The number of rotatable bonds is 2. The van der Waals surface area contributed by atoms with E-state index in [1.807, 2.05) is 17.4 Å². The molecule has 0 amide bonds. The van der Waals surface area contributed by atoms with Gasteiger partial charge >= 0.3 is 0 Å². The van der Waals surface area contributed by atoms with E-state index < -0.39 is 0 Å². The Bertz CT molecular complexity index is 530. The molecule has 0 radical (unpaired) electrons. The molecule has 1 aliphatic rings. The van der Waals surface area contributed by atoms with Gasteiger partial charge in [-0.2, -0.15) is 0 Å². The Morgan fingerprint density at radius 3 is 3.17 bits per heavy atom. The molecule has 18 heavy (non-hydrogen) atoms. The molecule has 1 aromatic carbocycles. The molecule has 1 N–H and O–H groups in total. The second-order valence-electron chi connectivity index (χ2n) is 4.46. The van der Waals surface area contributed by atoms with Crippen molar-refractivity contribution in [1.29, 1.82) is 0 Å². The van der Waals surface area contributed by atoms with Gasteiger partial charge in [0.2, 0.25) is 0 Å². The monoisotopic (exact) mass is 263 g/mol. The Balaban J connectivity index is 1.91. The van der Waals surface area contributed by atoms with E-state index in [0.29, 0.717) is 6.04 Å². The molecule has 1 unspecified atom stereocenters. The second kappa shape index (κ2) is 5.26. The average Bonchev–Trinajstić information content (AvgIpc) is 2.63. The first-order chi connectivity index (χ1) is 8.86. The second-order valence-corrected chi connectivity index (χ2v) is 5.58. The van der Waals surface area contributed by atoms with Crippen LogP contribution in [-0.2, 0) is 4.74 Å². The molecule has 1 saturated heterocycles. The first kappa shape index (κ1) is 12.0. The highest BCUT2D eigenvalue weighted by molar-refractivity contribution is 7.19. The van der Waals surface area contributed by atoms with E-state index in [1.165, 1.54) is 15.0 Å². The van der Waals surface area contributed by atoms with Gasteiger partial charge < -0.3 is 14.8 Å². The smallest absolute Gasteiger partial charge is 0.119 e. The fraction of sp³-hybridized carbons (Fsp3) is 0.429. The molecule has 2 heterocycles. The highest BCUT2D eigenvalue weighted by atomic mass is 32.1. The summed E-state index contributed by atoms with van der Waals surface area (Å²) in [4.78, 5) is 1.39. The molecule has 1 aromatic heterocycles. The predicted octanol–water partition coefficient (Wildman–Crippen LogP) is 2.96. The molecule has 1 fully saturated rings. The minimum atomic E-state index is 0.427. The van der Waals surface area contributed by atoms with E-state index in [4.69, 9.17) is 9.47 Å². The number of methoxy groups -OCH3 is 1. The molecule has 1 atom stereocenters. The summed E-state index contributed by atoms with van der Waals surface area (Å²) in [7, 11) is 1.71. The predicted molar refractivity (Wildman–Crippen MR) is 74.6 cm³/mol. The Morgan fingerprint density at radius 2 is 2.28 bits per heavy atom. The SMILES string of the molecule is COc1ccc2sc(C3CCOCCN3)cc2c1. The van der Waals surface area contributed by atoms with Crippen molar-refractivity contribution in [2.45, 2.75) is 12.5 Å². The molecule has 0 bridgehead atoms. The highest BCUT2D eigenvalue weighted by Gasteiger charge is 2.16. The summed E-state index contributed by atoms with van der Waals surface area (Å²) < 4.78 is 12.1. The summed E-state index contributed by atoms with van der Waals surface area (Å²) in [5.74, 6) is 0.920. The van der Waals surface area contributed by atoms with Crippen LogP contribution in [0.1, 0.15) is 17.3 Å². The number of hydrogen-bond donors (Lipinski definition) is 1. The van der Waals surface area contributed by atoms with Gasteiger partial charge in [0.1, 0.15) is 5.75 Å². The normalized spacial score (nSPS) is 20.8. The standard InChI is InChI=1S/C14H17NO2S/c1-16-11-2-3-13-10(8-11)9-14(18-13)12-4-6-17-7-5-15-12/h2-3,8-9,12,15H,4-7H2,1H3. The molecular weight excluding hydrogens is 246 g/mol. The van der Waals surface area contributed by atoms with Gasteiger partial charge in [-0.25, -0.2) is 0 Å². The van der Waals surface area contributed by atoms with Crippen molar-refractivity contribution < 1.29 is 9.47 Å². The van der Waals surface area contributed by atoms with E-state index in [1.54, 1.807) is 7.11 Å². The van der Waals surface area contributed by atoms with Crippen molar-refractivity contribution in [2.75, 3.05) is 26.9 Å². The highest BCUT2D eigenvalue weighted by Crippen LogP contribution is 2.33. The van der Waals surface area contributed by atoms with Crippen LogP contribution in [0.2, 0.25) is 0 Å². The zero-order chi connectivity index (χ0) is 12.4. The summed E-state index contributed by atoms with van der Waals surface area (Å²) >= 11 is 1.86. The van der Waals surface area contributed by atoms with Crippen LogP contribution >= 0.6 is 11.3 Å². The van der Waals surface area contributed by atoms with Gasteiger partial charge in [-0.15, -0.1) is 11.3 Å². The van der Waals surface area contributed by atoms with E-state index in [2.05, 4.69) is 23.5 Å². The number of thiophene rings is 1. The molecule has 0 aliphatic carbocycles. The van der Waals surface area contributed by atoms with Gasteiger partial charge in [0.25, 0.3) is 0 Å². The van der Waals surface area contributed by atoms with Crippen LogP contribution in [0.5, 0.6) is 5.75 Å². The topological polar surface area (TPSA) is 30.5 Å². The zero-order valence-electron chi connectivity index (χ0n) is 10.4. The van der Waals surface area contributed by atoms with Crippen LogP contribution in [0, 0.1) is 0 Å². The fourth-order valence-corrected chi connectivity index (χ4v) is 3.45. The van der Waals surface area contributed by atoms with Crippen molar-refractivity contribution in [3.8, 4) is 5.75 Å². The third kappa shape index (κ3) is 2.36. The third-order valence-corrected chi connectivity index (χ3v) is 4.50. The Morgan fingerprint density at radius 1 is 1.33 bits per heavy atom. The fourth-order valence-electron chi connectivity index (χ4n) is 2.29. The lowest BCUT2D eigenvalue weighted by Gasteiger charge is -2.12. The summed E-state index contributed by atoms with van der Waals surface area (Å²) in [5, 5.41) is 4.81. The van der Waals surface area contributed by atoms with Crippen LogP contribution in [0.25, 0.3) is 10.1 Å². The minimum absolute atomic E-state index is 0.427. The van der Waals surface area contributed by atoms with E-state index in [0.717, 1.165) is 31.9 Å². The Labute approximate surface area is 111 Å². The van der Waals surface area contributed by atoms with Crippen LogP contribution in [0.3, 0.4) is 0 Å². The maximum absolute atomic E-state index is 5.48. The van der Waals surface area contributed by atoms with Crippen molar-refractivity contribution >= 4 is 21.4 Å². The van der Waals surface area contributed by atoms with Crippen LogP contribution in [-0.4, -0.2) is 26.9 Å². The lowest BCUT2D eigenvalue weighted by Crippen LogP contribution is -2.21. The van der Waals surface area contributed by atoms with Crippen molar-refractivity contribution in [3.05, 3.63) is 29.1 Å². The quantitative estimate of drug-likeness (QED) is 0.903. The first-order valence-electron chi connectivity index (χ1n) is 6.25. The van der Waals surface area contributed by atoms with Gasteiger partial charge in [-0.3, -0.25) is 0 Å². The van der Waals surface area contributed by atoms with Crippen molar-refractivity contribution in [2.24, 2.45) is 0 Å². The van der Waals surface area contributed by atoms with E-state index >= 15 is 0 Å².